The monoisotopic (exact) mass is 706 g/mol. The van der Waals surface area contributed by atoms with Gasteiger partial charge in [-0.2, -0.15) is 5.10 Å². The molecule has 0 spiro atoms. The third kappa shape index (κ3) is 11.8. The number of hydrogen-bond donors (Lipinski definition) is 3. The summed E-state index contributed by atoms with van der Waals surface area (Å²) in [4.78, 5) is 43.2. The number of carboxylic acid groups (broad SMARTS) is 1. The highest BCUT2D eigenvalue weighted by Crippen LogP contribution is 2.32. The van der Waals surface area contributed by atoms with Gasteiger partial charge in [-0.05, 0) is 113 Å². The highest BCUT2D eigenvalue weighted by atomic mass is 16.5. The Hall–Kier alpha value is -4.49. The van der Waals surface area contributed by atoms with E-state index in [1.54, 1.807) is 7.11 Å². The fourth-order valence-electron chi connectivity index (χ4n) is 7.02. The summed E-state index contributed by atoms with van der Waals surface area (Å²) < 4.78 is 7.32. The largest absolute Gasteiger partial charge is 0.493 e. The van der Waals surface area contributed by atoms with Crippen molar-refractivity contribution in [1.29, 1.82) is 0 Å². The summed E-state index contributed by atoms with van der Waals surface area (Å²) in [5.41, 5.74) is 17.3. The lowest BCUT2D eigenvalue weighted by Crippen LogP contribution is -2.48. The predicted octanol–water partition coefficient (Wildman–Crippen LogP) is 4.22. The van der Waals surface area contributed by atoms with Gasteiger partial charge >= 0.3 is 0 Å². The van der Waals surface area contributed by atoms with Crippen LogP contribution in [0.15, 0.2) is 36.4 Å². The lowest BCUT2D eigenvalue weighted by molar-refractivity contribution is -0.131. The number of nitrogens with zero attached hydrogens (tertiary/aromatic N) is 6. The first-order valence-corrected chi connectivity index (χ1v) is 18.0. The van der Waals surface area contributed by atoms with Crippen molar-refractivity contribution in [1.82, 2.24) is 24.6 Å². The maximum absolute atomic E-state index is 12.7. The minimum absolute atomic E-state index is 0.151. The number of nitrogen functional groups attached to an aromatic ring is 1. The Kier molecular flexibility index (Phi) is 16.9. The van der Waals surface area contributed by atoms with Crippen molar-refractivity contribution < 1.29 is 24.2 Å². The Bertz CT molecular complexity index is 1540. The molecule has 3 aromatic rings. The molecule has 2 atom stereocenters. The Morgan fingerprint density at radius 1 is 1.06 bits per heavy atom. The standard InChI is InChI=1S/C36H51N7O3.CH5N.CH2O2/c1-5-29(25-40-14-13-28(24-40)9-10-31-11-12-34(46-4)36(37)38-31)30-21-32(23-33(22-30)43-27(3)20-26(2)39-43)41-15-17-42(18-16-41)35(45)8-6-7-19-44;1-2;2-1-3/h11-12,19-23,28-29H,5-10,13-18,24-25H2,1-4H3,(H2,37,38);2H2,1H3;1H,(H,2,3). The first-order chi connectivity index (χ1) is 24.7. The fourth-order valence-corrected chi connectivity index (χ4v) is 7.02. The number of unbranched alkanes of at least 4 members (excludes halogenated alkanes) is 1. The molecular weight excluding hydrogens is 648 g/mol. The van der Waals surface area contributed by atoms with Gasteiger partial charge in [0.05, 0.1) is 18.5 Å². The Balaban J connectivity index is 0.00000133. The second-order valence-corrected chi connectivity index (χ2v) is 13.1. The molecule has 280 valence electrons. The summed E-state index contributed by atoms with van der Waals surface area (Å²) in [5, 5.41) is 11.7. The molecule has 1 aromatic carbocycles. The van der Waals surface area contributed by atoms with Crippen LogP contribution >= 0.6 is 0 Å². The number of carbonyl (C=O) groups excluding carboxylic acids is 2. The maximum atomic E-state index is 12.7. The molecule has 5 N–H and O–H groups in total. The number of rotatable bonds is 14. The van der Waals surface area contributed by atoms with Crippen LogP contribution in [0.2, 0.25) is 0 Å². The van der Waals surface area contributed by atoms with Crippen molar-refractivity contribution in [2.24, 2.45) is 11.7 Å². The van der Waals surface area contributed by atoms with E-state index < -0.39 is 0 Å². The fraction of sp³-hybridized carbons (Fsp3) is 0.553. The van der Waals surface area contributed by atoms with Gasteiger partial charge in [0, 0.05) is 69.2 Å². The summed E-state index contributed by atoms with van der Waals surface area (Å²) in [6.07, 6.45) is 6.70. The number of amides is 1. The number of ether oxygens (including phenoxy) is 1. The highest BCUT2D eigenvalue weighted by molar-refractivity contribution is 5.76. The topological polar surface area (TPSA) is 173 Å². The van der Waals surface area contributed by atoms with Crippen LogP contribution in [0, 0.1) is 19.8 Å². The van der Waals surface area contributed by atoms with Crippen molar-refractivity contribution in [2.45, 2.75) is 71.6 Å². The van der Waals surface area contributed by atoms with Crippen LogP contribution in [0.3, 0.4) is 0 Å². The van der Waals surface area contributed by atoms with E-state index in [4.69, 9.17) is 25.5 Å². The summed E-state index contributed by atoms with van der Waals surface area (Å²) in [5.74, 6) is 2.29. The number of aryl methyl sites for hydroxylation is 3. The van der Waals surface area contributed by atoms with Gasteiger partial charge in [0.1, 0.15) is 6.29 Å². The van der Waals surface area contributed by atoms with Crippen LogP contribution in [0.25, 0.3) is 5.69 Å². The van der Waals surface area contributed by atoms with Crippen LogP contribution in [-0.4, -0.2) is 108 Å². The molecule has 2 unspecified atom stereocenters. The molecule has 5 rings (SSSR count). The van der Waals surface area contributed by atoms with Gasteiger partial charge in [-0.25, -0.2) is 9.67 Å². The molecule has 2 aliphatic rings. The second kappa shape index (κ2) is 21.0. The van der Waals surface area contributed by atoms with Crippen molar-refractivity contribution in [3.05, 3.63) is 59.0 Å². The maximum Gasteiger partial charge on any atom is 0.290 e. The summed E-state index contributed by atoms with van der Waals surface area (Å²) in [7, 11) is 3.12. The van der Waals surface area contributed by atoms with E-state index >= 15 is 0 Å². The first kappa shape index (κ1) is 40.9. The Morgan fingerprint density at radius 2 is 1.76 bits per heavy atom. The van der Waals surface area contributed by atoms with Gasteiger partial charge in [0.2, 0.25) is 5.91 Å². The second-order valence-electron chi connectivity index (χ2n) is 13.1. The number of piperazine rings is 1. The van der Waals surface area contributed by atoms with E-state index in [0.29, 0.717) is 55.8 Å². The number of pyridine rings is 1. The highest BCUT2D eigenvalue weighted by Gasteiger charge is 2.27. The van der Waals surface area contributed by atoms with Crippen LogP contribution < -0.4 is 21.1 Å². The van der Waals surface area contributed by atoms with Gasteiger partial charge in [-0.1, -0.05) is 6.92 Å². The molecule has 0 radical (unpaired) electrons. The Labute approximate surface area is 302 Å². The molecule has 4 heterocycles. The van der Waals surface area contributed by atoms with Crippen molar-refractivity contribution in [2.75, 3.05) is 70.6 Å². The molecule has 13 nitrogen and oxygen atoms in total. The van der Waals surface area contributed by atoms with Gasteiger partial charge in [-0.15, -0.1) is 0 Å². The zero-order valence-electron chi connectivity index (χ0n) is 31.1. The smallest absolute Gasteiger partial charge is 0.290 e. The van der Waals surface area contributed by atoms with Gasteiger partial charge in [-0.3, -0.25) is 9.59 Å². The van der Waals surface area contributed by atoms with E-state index in [-0.39, 0.29) is 12.4 Å². The first-order valence-electron chi connectivity index (χ1n) is 18.0. The van der Waals surface area contributed by atoms with Gasteiger partial charge in [0.15, 0.2) is 11.6 Å². The van der Waals surface area contributed by atoms with E-state index in [9.17, 15) is 9.59 Å². The number of likely N-dealkylation sites (tertiary alicyclic amines) is 1. The average molecular weight is 707 g/mol. The van der Waals surface area contributed by atoms with E-state index in [0.717, 1.165) is 81.0 Å². The van der Waals surface area contributed by atoms with E-state index in [1.807, 2.05) is 24.0 Å². The number of hydrogen-bond acceptors (Lipinski definition) is 10. The number of anilines is 2. The molecule has 13 heteroatoms. The molecule has 0 aliphatic carbocycles. The number of benzene rings is 1. The average Bonchev–Trinajstić information content (AvgIpc) is 3.75. The molecule has 2 fully saturated rings. The predicted molar refractivity (Wildman–Crippen MR) is 202 cm³/mol. The lowest BCUT2D eigenvalue weighted by atomic mass is 9.94. The summed E-state index contributed by atoms with van der Waals surface area (Å²) in [6, 6.07) is 13.0. The molecule has 2 aliphatic heterocycles. The summed E-state index contributed by atoms with van der Waals surface area (Å²) >= 11 is 0. The number of nitrogens with two attached hydrogens (primary N) is 2. The minimum Gasteiger partial charge on any atom is -0.493 e. The number of aldehydes is 1. The zero-order valence-corrected chi connectivity index (χ0v) is 31.1. The van der Waals surface area contributed by atoms with Crippen molar-refractivity contribution >= 4 is 30.2 Å². The third-order valence-electron chi connectivity index (χ3n) is 9.67. The molecule has 1 amide bonds. The summed E-state index contributed by atoms with van der Waals surface area (Å²) in [6.45, 7) is 12.4. The van der Waals surface area contributed by atoms with Crippen LogP contribution in [-0.2, 0) is 20.8 Å². The van der Waals surface area contributed by atoms with Gasteiger partial charge in [0.25, 0.3) is 6.47 Å². The number of carbonyl (C=O) groups is 3. The SMILES string of the molecule is CCC(CN1CCC(CCc2ccc(OC)c(N)n2)C1)c1cc(N2CCN(C(=O)CCCC=O)CC2)cc(-n2nc(C)cc2C)c1.CN.O=CO. The van der Waals surface area contributed by atoms with Crippen molar-refractivity contribution in [3.8, 4) is 11.4 Å². The molecule has 2 saturated heterocycles. The molecule has 2 aromatic heterocycles. The molecular formula is C38H58N8O5. The Morgan fingerprint density at radius 3 is 2.37 bits per heavy atom. The lowest BCUT2D eigenvalue weighted by Gasteiger charge is -2.37. The van der Waals surface area contributed by atoms with Crippen molar-refractivity contribution in [3.63, 3.8) is 0 Å². The van der Waals surface area contributed by atoms with Crippen LogP contribution in [0.5, 0.6) is 5.75 Å². The normalized spacial score (nSPS) is 16.4. The number of aromatic nitrogens is 3. The number of methoxy groups -OCH3 is 1. The minimum atomic E-state index is -0.250. The van der Waals surface area contributed by atoms with E-state index in [1.165, 1.54) is 24.7 Å². The third-order valence-corrected chi connectivity index (χ3v) is 9.67. The molecule has 51 heavy (non-hydrogen) atoms. The molecule has 0 saturated carbocycles. The molecule has 0 bridgehead atoms. The van der Waals surface area contributed by atoms with E-state index in [2.05, 4.69) is 63.3 Å². The zero-order chi connectivity index (χ0) is 37.3. The van der Waals surface area contributed by atoms with Crippen LogP contribution in [0.1, 0.15) is 74.0 Å². The van der Waals surface area contributed by atoms with Gasteiger partial charge < -0.3 is 40.8 Å². The quantitative estimate of drug-likeness (QED) is 0.162. The van der Waals surface area contributed by atoms with Crippen LogP contribution in [0.4, 0.5) is 11.5 Å².